The fourth-order valence-corrected chi connectivity index (χ4v) is 12.1. The van der Waals surface area contributed by atoms with Gasteiger partial charge in [-0.15, -0.1) is 0 Å². The summed E-state index contributed by atoms with van der Waals surface area (Å²) in [6.07, 6.45) is 10.7. The van der Waals surface area contributed by atoms with Gasteiger partial charge in [0.15, 0.2) is 6.04 Å². The van der Waals surface area contributed by atoms with Crippen LogP contribution in [0.3, 0.4) is 0 Å². The van der Waals surface area contributed by atoms with Crippen LogP contribution >= 0.6 is 0 Å². The van der Waals surface area contributed by atoms with E-state index in [4.69, 9.17) is 24.5 Å². The molecule has 0 spiro atoms. The summed E-state index contributed by atoms with van der Waals surface area (Å²) in [4.78, 5) is 77.9. The predicted octanol–water partition coefficient (Wildman–Crippen LogP) is 10.9. The number of alkyl carbamates (subject to hydrolysis) is 1. The lowest BCUT2D eigenvalue weighted by atomic mass is 9.84. The van der Waals surface area contributed by atoms with Crippen molar-refractivity contribution in [3.8, 4) is 22.3 Å². The van der Waals surface area contributed by atoms with Crippen LogP contribution in [0, 0.1) is 11.8 Å². The number of hydrogen-bond acceptors (Lipinski definition) is 9. The van der Waals surface area contributed by atoms with Crippen LogP contribution < -0.4 is 5.32 Å². The molecule has 0 bridgehead atoms. The number of benzene rings is 5. The molecule has 2 saturated carbocycles. The zero-order valence-corrected chi connectivity index (χ0v) is 39.5. The van der Waals surface area contributed by atoms with E-state index in [1.54, 1.807) is 0 Å². The van der Waals surface area contributed by atoms with E-state index in [0.717, 1.165) is 119 Å². The molecule has 358 valence electrons. The van der Waals surface area contributed by atoms with Gasteiger partial charge in [0.25, 0.3) is 11.8 Å². The highest BCUT2D eigenvalue weighted by molar-refractivity contribution is 5.89. The third kappa shape index (κ3) is 8.69. The normalized spacial score (nSPS) is 23.0. The molecule has 14 nitrogen and oxygen atoms in total. The summed E-state index contributed by atoms with van der Waals surface area (Å²) in [6, 6.07) is 38.2. The fourth-order valence-electron chi connectivity index (χ4n) is 12.1. The van der Waals surface area contributed by atoms with E-state index in [9.17, 15) is 14.4 Å². The van der Waals surface area contributed by atoms with Crippen molar-refractivity contribution >= 4 is 46.4 Å². The van der Waals surface area contributed by atoms with Gasteiger partial charge in [0.1, 0.15) is 17.7 Å². The molecule has 4 fully saturated rings. The lowest BCUT2D eigenvalue weighted by molar-refractivity contribution is -0.188. The Morgan fingerprint density at radius 1 is 0.629 bits per heavy atom. The lowest BCUT2D eigenvalue weighted by Gasteiger charge is -2.36. The molecule has 70 heavy (non-hydrogen) atoms. The summed E-state index contributed by atoms with van der Waals surface area (Å²) >= 11 is 0. The van der Waals surface area contributed by atoms with Crippen LogP contribution in [-0.4, -0.2) is 80.3 Å². The van der Waals surface area contributed by atoms with Crippen molar-refractivity contribution in [2.24, 2.45) is 16.8 Å². The molecule has 2 aliphatic heterocycles. The van der Waals surface area contributed by atoms with Gasteiger partial charge >= 0.3 is 6.09 Å². The first-order valence-corrected chi connectivity index (χ1v) is 24.7. The Morgan fingerprint density at radius 3 is 1.63 bits per heavy atom. The van der Waals surface area contributed by atoms with Crippen LogP contribution in [-0.2, 0) is 24.1 Å². The van der Waals surface area contributed by atoms with Crippen LogP contribution in [0.4, 0.5) is 4.79 Å². The van der Waals surface area contributed by atoms with E-state index in [-0.39, 0.29) is 36.0 Å². The number of ether oxygens (including phenoxy) is 1. The van der Waals surface area contributed by atoms with Crippen molar-refractivity contribution in [2.75, 3.05) is 14.2 Å². The van der Waals surface area contributed by atoms with Crippen molar-refractivity contribution in [1.82, 2.24) is 35.1 Å². The van der Waals surface area contributed by atoms with Crippen molar-refractivity contribution in [2.45, 2.75) is 100 Å². The quantitative estimate of drug-likeness (QED) is 0.0471. The second-order valence-electron chi connectivity index (χ2n) is 19.3. The number of carbonyl (C=O) groups excluding carboxylic acids is 3. The molecule has 7 aromatic rings. The van der Waals surface area contributed by atoms with E-state index < -0.39 is 18.2 Å². The largest absolute Gasteiger partial charge is 0.453 e. The van der Waals surface area contributed by atoms with Crippen LogP contribution in [0.2, 0.25) is 0 Å². The smallest absolute Gasteiger partial charge is 0.407 e. The maximum atomic E-state index is 14.7. The first-order chi connectivity index (χ1) is 34.3. The van der Waals surface area contributed by atoms with E-state index in [2.05, 4.69) is 79.8 Å². The molecule has 14 heteroatoms. The monoisotopic (exact) mass is 938 g/mol. The third-order valence-electron chi connectivity index (χ3n) is 15.4. The molecule has 5 aromatic carbocycles. The molecule has 3 amide bonds. The Kier molecular flexibility index (Phi) is 12.6. The van der Waals surface area contributed by atoms with Crippen molar-refractivity contribution in [3.05, 3.63) is 144 Å². The van der Waals surface area contributed by atoms with Crippen molar-refractivity contribution in [1.29, 1.82) is 0 Å². The molecular formula is C56H58N8O6. The Bertz CT molecular complexity index is 3030. The minimum atomic E-state index is -0.887. The van der Waals surface area contributed by atoms with Gasteiger partial charge in [-0.2, -0.15) is 4.89 Å². The molecular weight excluding hydrogens is 881 g/mol. The number of aromatic amines is 2. The summed E-state index contributed by atoms with van der Waals surface area (Å²) in [6.45, 7) is 0. The van der Waals surface area contributed by atoms with Crippen LogP contribution in [0.5, 0.6) is 0 Å². The number of hydrogen-bond donors (Lipinski definition) is 3. The van der Waals surface area contributed by atoms with Crippen LogP contribution in [0.25, 0.3) is 44.3 Å². The van der Waals surface area contributed by atoms with E-state index in [0.29, 0.717) is 17.4 Å². The van der Waals surface area contributed by atoms with E-state index in [1.807, 2.05) is 71.6 Å². The minimum absolute atomic E-state index is 0.0644. The molecule has 4 heterocycles. The zero-order valence-electron chi connectivity index (χ0n) is 39.5. The highest BCUT2D eigenvalue weighted by atomic mass is 17.2. The Hall–Kier alpha value is -7.32. The average molecular weight is 939 g/mol. The molecule has 2 aromatic heterocycles. The number of fused-ring (bicyclic) bond motifs is 4. The van der Waals surface area contributed by atoms with Gasteiger partial charge in [0.05, 0.1) is 48.4 Å². The zero-order chi connectivity index (χ0) is 47.7. The number of nitrogens with one attached hydrogen (secondary N) is 3. The highest BCUT2D eigenvalue weighted by Crippen LogP contribution is 2.49. The summed E-state index contributed by atoms with van der Waals surface area (Å²) in [5.74, 6) is 2.09. The number of H-pyrrole nitrogens is 2. The van der Waals surface area contributed by atoms with Crippen molar-refractivity contribution in [3.63, 3.8) is 0 Å². The molecule has 2 aliphatic carbocycles. The van der Waals surface area contributed by atoms with E-state index in [1.165, 1.54) is 27.0 Å². The van der Waals surface area contributed by atoms with Gasteiger partial charge in [-0.05, 0) is 108 Å². The SMILES string of the molecule is COOC=N[C@@H](C(=O)N1[C@H](c2nc3ccc(-c4ccc(-c5ccc6nc([C@@H]7C[C@@H]8CCCC[C@@H]8N7C(=O)[C@H](NC(=O)OC)c7ccccc7)[nH]c6c5)cc4)cc3[nH]2)C[C@@H]2CCCC[C@@H]21)c1ccccc1. The first-order valence-electron chi connectivity index (χ1n) is 24.7. The van der Waals surface area contributed by atoms with Crippen LogP contribution in [0.15, 0.2) is 126 Å². The second kappa shape index (κ2) is 19.6. The molecule has 4 aliphatic rings. The van der Waals surface area contributed by atoms with Gasteiger partial charge in [-0.3, -0.25) is 9.59 Å². The summed E-state index contributed by atoms with van der Waals surface area (Å²) < 4.78 is 4.97. The Labute approximate surface area is 406 Å². The van der Waals surface area contributed by atoms with Gasteiger partial charge in [0.2, 0.25) is 6.40 Å². The standard InChI is InChI=1S/C56H58N8O6/c1-68-56(67)62-51(37-15-7-4-8-16-37)55(66)64-47-20-12-10-18-41(47)32-49(64)53-59-43-28-26-39(30-45(43)61-53)35-23-21-34(22-24-35)38-25-27-42-44(29-38)60-52(58-42)48-31-40-17-9-11-19-46(40)63(48)54(65)50(57-33-70-69-2)36-13-5-3-6-14-36/h3-8,13-16,21-30,33,40-41,46-51H,9-12,17-20,31-32H2,1-2H3,(H,58,60)(H,59,61)(H,62,67)/t40-,41-,46-,47-,48-,49-,50+,51+/m0/s1. The number of methoxy groups -OCH3 is 1. The number of likely N-dealkylation sites (tertiary alicyclic amines) is 2. The van der Waals surface area contributed by atoms with Gasteiger partial charge in [-0.25, -0.2) is 19.8 Å². The molecule has 0 unspecified atom stereocenters. The highest BCUT2D eigenvalue weighted by Gasteiger charge is 2.49. The first kappa shape index (κ1) is 45.1. The fraction of sp³-hybridized carbons (Fsp3) is 0.357. The van der Waals surface area contributed by atoms with Gasteiger partial charge in [-0.1, -0.05) is 123 Å². The number of nitrogens with zero attached hydrogens (tertiary/aromatic N) is 5. The average Bonchev–Trinajstić information content (AvgIpc) is 4.22. The molecule has 2 saturated heterocycles. The predicted molar refractivity (Wildman–Crippen MR) is 267 cm³/mol. The number of rotatable bonds is 12. The molecule has 0 radical (unpaired) electrons. The molecule has 3 N–H and O–H groups in total. The maximum absolute atomic E-state index is 14.7. The summed E-state index contributed by atoms with van der Waals surface area (Å²) in [5.41, 5.74) is 9.25. The number of imidazole rings is 2. The Morgan fingerprint density at radius 2 is 1.11 bits per heavy atom. The molecule has 8 atom stereocenters. The van der Waals surface area contributed by atoms with Gasteiger partial charge < -0.3 is 34.7 Å². The third-order valence-corrected chi connectivity index (χ3v) is 15.4. The summed E-state index contributed by atoms with van der Waals surface area (Å²) in [5, 5.41) is 2.83. The number of carbonyl (C=O) groups is 3. The van der Waals surface area contributed by atoms with Gasteiger partial charge in [0, 0.05) is 12.1 Å². The number of aliphatic imine (C=N–C) groups is 1. The number of amides is 3. The Balaban J connectivity index is 0.839. The second-order valence-corrected chi connectivity index (χ2v) is 19.3. The summed E-state index contributed by atoms with van der Waals surface area (Å²) in [7, 11) is 2.72. The van der Waals surface area contributed by atoms with Crippen molar-refractivity contribution < 1.29 is 28.9 Å². The minimum Gasteiger partial charge on any atom is -0.453 e. The maximum Gasteiger partial charge on any atom is 0.407 e. The van der Waals surface area contributed by atoms with Crippen LogP contribution in [0.1, 0.15) is 111 Å². The lowest BCUT2D eigenvalue weighted by Crippen LogP contribution is -2.47. The van der Waals surface area contributed by atoms with E-state index >= 15 is 0 Å². The number of aromatic nitrogens is 4. The topological polar surface area (TPSA) is 167 Å². The molecule has 11 rings (SSSR count).